The summed E-state index contributed by atoms with van der Waals surface area (Å²) in [6.07, 6.45) is 4.32. The third-order valence-electron chi connectivity index (χ3n) is 5.67. The van der Waals surface area contributed by atoms with Gasteiger partial charge in [-0.05, 0) is 73.9 Å². The Morgan fingerprint density at radius 2 is 1.89 bits per heavy atom. The van der Waals surface area contributed by atoms with Crippen molar-refractivity contribution in [2.45, 2.75) is 51.9 Å². The van der Waals surface area contributed by atoms with Crippen molar-refractivity contribution in [1.29, 1.82) is 5.26 Å². The van der Waals surface area contributed by atoms with Crippen LogP contribution < -0.4 is 5.56 Å². The second kappa shape index (κ2) is 7.59. The van der Waals surface area contributed by atoms with E-state index >= 15 is 0 Å². The van der Waals surface area contributed by atoms with Crippen molar-refractivity contribution in [3.8, 4) is 6.07 Å². The number of pyridine rings is 1. The summed E-state index contributed by atoms with van der Waals surface area (Å²) in [6.45, 7) is 1.86. The third-order valence-corrected chi connectivity index (χ3v) is 5.67. The first-order valence-electron chi connectivity index (χ1n) is 9.34. The summed E-state index contributed by atoms with van der Waals surface area (Å²) >= 11 is 0. The smallest absolute Gasteiger partial charge is 0.251 e. The van der Waals surface area contributed by atoms with Gasteiger partial charge < -0.3 is 4.98 Å². The highest BCUT2D eigenvalue weighted by atomic mass is 19.1. The predicted molar refractivity (Wildman–Crippen MR) is 111 cm³/mol. The molecular weight excluding hydrogens is 351 g/mol. The van der Waals surface area contributed by atoms with Gasteiger partial charge in [0.15, 0.2) is 0 Å². The third kappa shape index (κ3) is 3.45. The van der Waals surface area contributed by atoms with E-state index in [2.05, 4.69) is 11.1 Å². The first kappa shape index (κ1) is 19.8. The topological polar surface area (TPSA) is 56.6 Å². The summed E-state index contributed by atoms with van der Waals surface area (Å²) in [7, 11) is 0. The highest BCUT2D eigenvalue weighted by Gasteiger charge is 2.28. The van der Waals surface area contributed by atoms with Gasteiger partial charge in [0.2, 0.25) is 0 Å². The number of nitrogens with one attached hydrogen (secondary N) is 1. The summed E-state index contributed by atoms with van der Waals surface area (Å²) in [6, 6.07) is 14.6. The molecule has 1 aromatic heterocycles. The minimum Gasteiger partial charge on any atom is -0.322 e. The molecule has 0 saturated carbocycles. The Hall–Kier alpha value is -2.93. The van der Waals surface area contributed by atoms with Gasteiger partial charge in [0.05, 0.1) is 11.5 Å². The fraction of sp³-hybridized carbons (Fsp3) is 0.333. The molecule has 1 heterocycles. The molecule has 1 aliphatic carbocycles. The Labute approximate surface area is 164 Å². The number of aromatic nitrogens is 1. The largest absolute Gasteiger partial charge is 0.322 e. The van der Waals surface area contributed by atoms with Crippen molar-refractivity contribution in [2.24, 2.45) is 0 Å². The molecule has 4 rings (SSSR count). The summed E-state index contributed by atoms with van der Waals surface area (Å²) in [5.74, 6) is -0.303. The number of rotatable bonds is 3. The van der Waals surface area contributed by atoms with Gasteiger partial charge in [0.1, 0.15) is 5.82 Å². The van der Waals surface area contributed by atoms with E-state index in [0.29, 0.717) is 6.42 Å². The lowest BCUT2D eigenvalue weighted by atomic mass is 9.78. The van der Waals surface area contributed by atoms with E-state index in [9.17, 15) is 14.4 Å². The Kier molecular flexibility index (Phi) is 5.38. The van der Waals surface area contributed by atoms with E-state index in [1.165, 1.54) is 12.1 Å². The highest BCUT2D eigenvalue weighted by molar-refractivity contribution is 5.84. The van der Waals surface area contributed by atoms with Gasteiger partial charge in [-0.3, -0.25) is 4.79 Å². The van der Waals surface area contributed by atoms with Gasteiger partial charge in [0, 0.05) is 16.5 Å². The van der Waals surface area contributed by atoms with Crippen LogP contribution in [0.15, 0.2) is 47.3 Å². The number of aromatic amines is 1. The second-order valence-electron chi connectivity index (χ2n) is 7.63. The van der Waals surface area contributed by atoms with Gasteiger partial charge in [-0.15, -0.1) is 0 Å². The fourth-order valence-electron chi connectivity index (χ4n) is 4.17. The number of H-pyrrole nitrogens is 1. The Morgan fingerprint density at radius 3 is 2.61 bits per heavy atom. The minimum atomic E-state index is -0.811. The van der Waals surface area contributed by atoms with Crippen molar-refractivity contribution in [1.82, 2.24) is 4.98 Å². The zero-order chi connectivity index (χ0) is 19.0. The monoisotopic (exact) mass is 376 g/mol. The van der Waals surface area contributed by atoms with Crippen LogP contribution in [0.25, 0.3) is 10.9 Å². The number of hydrogen-bond acceptors (Lipinski definition) is 2. The summed E-state index contributed by atoms with van der Waals surface area (Å²) < 4.78 is 13.5. The number of aryl methyl sites for hydroxylation is 1. The zero-order valence-corrected chi connectivity index (χ0v) is 15.3. The lowest BCUT2D eigenvalue weighted by Gasteiger charge is -2.24. The molecule has 28 heavy (non-hydrogen) atoms. The van der Waals surface area contributed by atoms with E-state index in [0.717, 1.165) is 58.8 Å². The molecule has 1 atom stereocenters. The molecule has 3 aromatic rings. The van der Waals surface area contributed by atoms with Crippen molar-refractivity contribution >= 4 is 10.9 Å². The molecular formula is C24H25FN2O. The molecule has 0 bridgehead atoms. The van der Waals surface area contributed by atoms with Crippen molar-refractivity contribution in [3.05, 3.63) is 80.9 Å². The standard InChI is InChI=1S/C23H21FN2O.CH4/c1-23(14-25,13-15-5-4-6-17(24)11-15)16-9-10-19-18-7-2-3-8-20(18)22(27)26-21(19)12-16;/h4-6,9-12H,2-3,7-8,13H2,1H3,(H,26,27);1H4/t23-;/m0./s1. The van der Waals surface area contributed by atoms with Gasteiger partial charge in [-0.25, -0.2) is 4.39 Å². The van der Waals surface area contributed by atoms with Crippen LogP contribution in [0.1, 0.15) is 49.4 Å². The number of hydrogen-bond donors (Lipinski definition) is 1. The second-order valence-corrected chi connectivity index (χ2v) is 7.63. The van der Waals surface area contributed by atoms with Crippen LogP contribution in [0.3, 0.4) is 0 Å². The molecule has 0 spiro atoms. The van der Waals surface area contributed by atoms with Crippen LogP contribution in [0.5, 0.6) is 0 Å². The van der Waals surface area contributed by atoms with Crippen molar-refractivity contribution in [3.63, 3.8) is 0 Å². The van der Waals surface area contributed by atoms with E-state index in [1.807, 2.05) is 31.2 Å². The van der Waals surface area contributed by atoms with Crippen LogP contribution in [0, 0.1) is 17.1 Å². The molecule has 0 saturated heterocycles. The number of halogens is 1. The fourth-order valence-corrected chi connectivity index (χ4v) is 4.17. The van der Waals surface area contributed by atoms with Crippen molar-refractivity contribution < 1.29 is 4.39 Å². The molecule has 0 amide bonds. The van der Waals surface area contributed by atoms with Crippen LogP contribution in [0.4, 0.5) is 4.39 Å². The first-order valence-corrected chi connectivity index (χ1v) is 9.34. The van der Waals surface area contributed by atoms with Crippen LogP contribution in [0.2, 0.25) is 0 Å². The lowest BCUT2D eigenvalue weighted by Crippen LogP contribution is -2.24. The number of benzene rings is 2. The molecule has 0 fully saturated rings. The average molecular weight is 376 g/mol. The van der Waals surface area contributed by atoms with Gasteiger partial charge in [-0.2, -0.15) is 5.26 Å². The molecule has 0 unspecified atom stereocenters. The highest BCUT2D eigenvalue weighted by Crippen LogP contribution is 2.32. The molecule has 144 valence electrons. The molecule has 2 aromatic carbocycles. The van der Waals surface area contributed by atoms with E-state index in [1.54, 1.807) is 6.07 Å². The Balaban J connectivity index is 0.00000225. The maximum absolute atomic E-state index is 13.5. The maximum Gasteiger partial charge on any atom is 0.251 e. The quantitative estimate of drug-likeness (QED) is 0.682. The van der Waals surface area contributed by atoms with E-state index < -0.39 is 5.41 Å². The molecule has 0 radical (unpaired) electrons. The van der Waals surface area contributed by atoms with Crippen LogP contribution in [-0.2, 0) is 24.7 Å². The molecule has 1 N–H and O–H groups in total. The summed E-state index contributed by atoms with van der Waals surface area (Å²) in [5.41, 5.74) is 3.61. The summed E-state index contributed by atoms with van der Waals surface area (Å²) in [5, 5.41) is 10.9. The van der Waals surface area contributed by atoms with Crippen LogP contribution >= 0.6 is 0 Å². The van der Waals surface area contributed by atoms with Crippen molar-refractivity contribution in [2.75, 3.05) is 0 Å². The minimum absolute atomic E-state index is 0. The average Bonchev–Trinajstić information content (AvgIpc) is 2.68. The molecule has 3 nitrogen and oxygen atoms in total. The molecule has 0 aliphatic heterocycles. The predicted octanol–water partition coefficient (Wildman–Crippen LogP) is 5.21. The maximum atomic E-state index is 13.5. The molecule has 4 heteroatoms. The first-order chi connectivity index (χ1) is 13.0. The lowest BCUT2D eigenvalue weighted by molar-refractivity contribution is 0.594. The van der Waals surface area contributed by atoms with E-state index in [4.69, 9.17) is 0 Å². The molecule has 1 aliphatic rings. The number of fused-ring (bicyclic) bond motifs is 3. The number of nitriles is 1. The SMILES string of the molecule is C.C[C@@](C#N)(Cc1cccc(F)c1)c1ccc2c3c(c(=O)[nH]c2c1)CCCC3. The Morgan fingerprint density at radius 1 is 1.14 bits per heavy atom. The Bertz CT molecular complexity index is 1130. The van der Waals surface area contributed by atoms with Gasteiger partial charge in [0.25, 0.3) is 5.56 Å². The van der Waals surface area contributed by atoms with E-state index in [-0.39, 0.29) is 18.8 Å². The normalized spacial score (nSPS) is 15.2. The van der Waals surface area contributed by atoms with Gasteiger partial charge in [-0.1, -0.05) is 31.7 Å². The van der Waals surface area contributed by atoms with Gasteiger partial charge >= 0.3 is 0 Å². The van der Waals surface area contributed by atoms with Crippen LogP contribution in [-0.4, -0.2) is 4.98 Å². The zero-order valence-electron chi connectivity index (χ0n) is 15.3. The number of nitrogens with zero attached hydrogens (tertiary/aromatic N) is 1. The summed E-state index contributed by atoms with van der Waals surface area (Å²) in [4.78, 5) is 15.5.